The molecule has 0 saturated heterocycles. The first-order valence-electron chi connectivity index (χ1n) is 5.92. The molecule has 0 aliphatic rings. The molecule has 0 fully saturated rings. The van der Waals surface area contributed by atoms with Crippen LogP contribution in [-0.2, 0) is 11.8 Å². The summed E-state index contributed by atoms with van der Waals surface area (Å²) in [6, 6.07) is 1.65. The maximum Gasteiger partial charge on any atom is 0.376 e. The van der Waals surface area contributed by atoms with Gasteiger partial charge in [0.2, 0.25) is 5.76 Å². The first-order chi connectivity index (χ1) is 9.00. The summed E-state index contributed by atoms with van der Waals surface area (Å²) in [6.45, 7) is 3.95. The van der Waals surface area contributed by atoms with Crippen molar-refractivity contribution in [3.8, 4) is 0 Å². The topological polar surface area (TPSA) is 57.3 Å². The van der Waals surface area contributed by atoms with Crippen LogP contribution in [0.15, 0.2) is 33.6 Å². The molecular weight excluding hydrogens is 312 g/mol. The van der Waals surface area contributed by atoms with E-state index in [0.717, 1.165) is 0 Å². The first-order valence-corrected chi connectivity index (χ1v) is 6.71. The van der Waals surface area contributed by atoms with Gasteiger partial charge in [-0.3, -0.25) is 0 Å². The van der Waals surface area contributed by atoms with Gasteiger partial charge in [-0.05, 0) is 27.9 Å². The van der Waals surface area contributed by atoms with Gasteiger partial charge in [0.25, 0.3) is 0 Å². The van der Waals surface area contributed by atoms with Gasteiger partial charge in [-0.1, -0.05) is 13.8 Å². The fraction of sp³-hybridized carbons (Fsp3) is 0.385. The third-order valence-electron chi connectivity index (χ3n) is 2.76. The fourth-order valence-electron chi connectivity index (χ4n) is 1.75. The first kappa shape index (κ1) is 13.9. The van der Waals surface area contributed by atoms with Gasteiger partial charge >= 0.3 is 5.97 Å². The van der Waals surface area contributed by atoms with Crippen molar-refractivity contribution >= 4 is 21.9 Å². The van der Waals surface area contributed by atoms with Gasteiger partial charge < -0.3 is 13.7 Å². The lowest BCUT2D eigenvalue weighted by atomic mass is 10.1. The summed E-state index contributed by atoms with van der Waals surface area (Å²) >= 11 is 3.24. The Bertz CT molecular complexity index is 574. The van der Waals surface area contributed by atoms with E-state index in [4.69, 9.17) is 9.15 Å². The number of imidazole rings is 1. The smallest absolute Gasteiger partial charge is 0.376 e. The maximum absolute atomic E-state index is 12.1. The van der Waals surface area contributed by atoms with E-state index >= 15 is 0 Å². The van der Waals surface area contributed by atoms with E-state index < -0.39 is 12.1 Å². The molecule has 0 spiro atoms. The van der Waals surface area contributed by atoms with E-state index in [1.54, 1.807) is 12.3 Å². The summed E-state index contributed by atoms with van der Waals surface area (Å²) in [5.74, 6) is 0.489. The Balaban J connectivity index is 2.21. The van der Waals surface area contributed by atoms with Crippen molar-refractivity contribution < 1.29 is 13.9 Å². The number of hydrogen-bond acceptors (Lipinski definition) is 4. The Kier molecular flexibility index (Phi) is 4.09. The number of halogens is 1. The molecule has 2 rings (SSSR count). The lowest BCUT2D eigenvalue weighted by Gasteiger charge is -2.20. The van der Waals surface area contributed by atoms with Crippen molar-refractivity contribution in [2.24, 2.45) is 13.0 Å². The van der Waals surface area contributed by atoms with Crippen molar-refractivity contribution in [3.05, 3.63) is 40.8 Å². The molecule has 0 aliphatic carbocycles. The number of aromatic nitrogens is 2. The molecule has 0 aromatic carbocycles. The maximum atomic E-state index is 12.1. The van der Waals surface area contributed by atoms with Crippen molar-refractivity contribution in [1.82, 2.24) is 9.55 Å². The van der Waals surface area contributed by atoms with E-state index in [2.05, 4.69) is 20.9 Å². The molecule has 0 N–H and O–H groups in total. The second kappa shape index (κ2) is 5.61. The Morgan fingerprint density at radius 2 is 2.26 bits per heavy atom. The molecule has 0 amide bonds. The molecule has 0 aliphatic heterocycles. The number of ether oxygens (including phenoxy) is 1. The molecule has 6 heteroatoms. The van der Waals surface area contributed by atoms with Gasteiger partial charge in [0, 0.05) is 19.4 Å². The van der Waals surface area contributed by atoms with Crippen LogP contribution in [0, 0.1) is 5.92 Å². The summed E-state index contributed by atoms with van der Waals surface area (Å²) in [6.07, 6.45) is 4.53. The number of nitrogens with zero attached hydrogens (tertiary/aromatic N) is 2. The lowest BCUT2D eigenvalue weighted by Crippen LogP contribution is -2.19. The Morgan fingerprint density at radius 1 is 1.53 bits per heavy atom. The normalized spacial score (nSPS) is 12.7. The molecule has 1 atom stereocenters. The molecule has 19 heavy (non-hydrogen) atoms. The molecule has 0 radical (unpaired) electrons. The van der Waals surface area contributed by atoms with Crippen LogP contribution in [0.2, 0.25) is 0 Å². The van der Waals surface area contributed by atoms with E-state index in [1.165, 1.54) is 6.26 Å². The van der Waals surface area contributed by atoms with E-state index in [9.17, 15) is 4.79 Å². The van der Waals surface area contributed by atoms with E-state index in [1.807, 2.05) is 31.7 Å². The third-order valence-corrected chi connectivity index (χ3v) is 3.38. The number of furan rings is 1. The monoisotopic (exact) mass is 326 g/mol. The molecule has 2 aromatic rings. The summed E-state index contributed by atoms with van der Waals surface area (Å²) in [7, 11) is 1.87. The van der Waals surface area contributed by atoms with Gasteiger partial charge in [0.15, 0.2) is 6.10 Å². The summed E-state index contributed by atoms with van der Waals surface area (Å²) in [4.78, 5) is 16.3. The predicted octanol–water partition coefficient (Wildman–Crippen LogP) is 3.33. The fourth-order valence-corrected chi connectivity index (χ4v) is 2.11. The highest BCUT2D eigenvalue weighted by atomic mass is 79.9. The molecular formula is C13H15BrN2O3. The average Bonchev–Trinajstić information content (AvgIpc) is 2.94. The second-order valence-corrected chi connectivity index (χ2v) is 5.42. The minimum atomic E-state index is -0.501. The highest BCUT2D eigenvalue weighted by Crippen LogP contribution is 2.27. The van der Waals surface area contributed by atoms with Crippen molar-refractivity contribution in [2.45, 2.75) is 20.0 Å². The van der Waals surface area contributed by atoms with Gasteiger partial charge in [-0.2, -0.15) is 0 Å². The Labute approximate surface area is 119 Å². The third kappa shape index (κ3) is 2.89. The molecule has 0 saturated carbocycles. The number of carbonyl (C=O) groups is 1. The minimum Gasteiger partial charge on any atom is -0.456 e. The highest BCUT2D eigenvalue weighted by Gasteiger charge is 2.27. The van der Waals surface area contributed by atoms with Crippen molar-refractivity contribution in [2.75, 3.05) is 0 Å². The van der Waals surface area contributed by atoms with Crippen LogP contribution < -0.4 is 0 Å². The minimum absolute atomic E-state index is 0.110. The van der Waals surface area contributed by atoms with Crippen LogP contribution >= 0.6 is 15.9 Å². The van der Waals surface area contributed by atoms with Gasteiger partial charge in [-0.25, -0.2) is 9.78 Å². The number of esters is 1. The van der Waals surface area contributed by atoms with Crippen LogP contribution in [0.1, 0.15) is 36.3 Å². The SMILES string of the molecule is CC(C)[C@@H](OC(=O)c1occc1Br)c1nccn1C. The predicted molar refractivity (Wildman–Crippen MR) is 72.6 cm³/mol. The molecule has 2 aromatic heterocycles. The van der Waals surface area contributed by atoms with Gasteiger partial charge in [0.05, 0.1) is 10.7 Å². The number of rotatable bonds is 4. The average molecular weight is 327 g/mol. The van der Waals surface area contributed by atoms with Gasteiger partial charge in [0.1, 0.15) is 5.82 Å². The zero-order chi connectivity index (χ0) is 14.0. The zero-order valence-electron chi connectivity index (χ0n) is 11.0. The lowest BCUT2D eigenvalue weighted by molar-refractivity contribution is 0.0107. The molecule has 0 unspecified atom stereocenters. The highest BCUT2D eigenvalue weighted by molar-refractivity contribution is 9.10. The Morgan fingerprint density at radius 3 is 2.74 bits per heavy atom. The number of carbonyl (C=O) groups excluding carboxylic acids is 1. The largest absolute Gasteiger partial charge is 0.456 e. The van der Waals surface area contributed by atoms with Gasteiger partial charge in [-0.15, -0.1) is 0 Å². The Hall–Kier alpha value is -1.56. The molecule has 2 heterocycles. The van der Waals surface area contributed by atoms with Crippen LogP contribution in [0.4, 0.5) is 0 Å². The summed E-state index contributed by atoms with van der Waals surface area (Å²) in [5, 5.41) is 0. The van der Waals surface area contributed by atoms with E-state index in [-0.39, 0.29) is 11.7 Å². The van der Waals surface area contributed by atoms with Crippen molar-refractivity contribution in [3.63, 3.8) is 0 Å². The second-order valence-electron chi connectivity index (χ2n) is 4.56. The van der Waals surface area contributed by atoms with Crippen LogP contribution in [0.3, 0.4) is 0 Å². The van der Waals surface area contributed by atoms with Crippen LogP contribution in [0.5, 0.6) is 0 Å². The standard InChI is InChI=1S/C13H15BrN2O3/c1-8(2)10(12-15-5-6-16(12)3)19-13(17)11-9(14)4-7-18-11/h4-8,10H,1-3H3/t10-/m1/s1. The van der Waals surface area contributed by atoms with Crippen LogP contribution in [-0.4, -0.2) is 15.5 Å². The van der Waals surface area contributed by atoms with Crippen molar-refractivity contribution in [1.29, 1.82) is 0 Å². The molecule has 0 bridgehead atoms. The quantitative estimate of drug-likeness (QED) is 0.808. The van der Waals surface area contributed by atoms with Crippen LogP contribution in [0.25, 0.3) is 0 Å². The summed E-state index contributed by atoms with van der Waals surface area (Å²) < 4.78 is 13.0. The van der Waals surface area contributed by atoms with E-state index in [0.29, 0.717) is 10.3 Å². The zero-order valence-corrected chi connectivity index (χ0v) is 12.5. The molecule has 5 nitrogen and oxygen atoms in total. The number of hydrogen-bond donors (Lipinski definition) is 0. The number of aryl methyl sites for hydroxylation is 1. The molecule has 102 valence electrons. The summed E-state index contributed by atoms with van der Waals surface area (Å²) in [5.41, 5.74) is 0.